The molecule has 2 heterocycles. The predicted molar refractivity (Wildman–Crippen MR) is 52.3 cm³/mol. The van der Waals surface area contributed by atoms with Crippen LogP contribution in [0, 0.1) is 0 Å². The van der Waals surface area contributed by atoms with Gasteiger partial charge in [-0.25, -0.2) is 0 Å². The molecule has 1 aliphatic rings. The quantitative estimate of drug-likeness (QED) is 0.572. The summed E-state index contributed by atoms with van der Waals surface area (Å²) in [6.07, 6.45) is -3.90. The summed E-state index contributed by atoms with van der Waals surface area (Å²) in [6, 6.07) is 2.04. The molecule has 0 unspecified atom stereocenters. The number of pyridine rings is 1. The Bertz CT molecular complexity index is 483. The first-order chi connectivity index (χ1) is 8.38. The van der Waals surface area contributed by atoms with Crippen molar-refractivity contribution in [3.63, 3.8) is 0 Å². The summed E-state index contributed by atoms with van der Waals surface area (Å²) in [5, 5.41) is 0. The van der Waals surface area contributed by atoms with Gasteiger partial charge in [0.1, 0.15) is 0 Å². The van der Waals surface area contributed by atoms with Crippen molar-refractivity contribution in [1.82, 2.24) is 4.98 Å². The molecule has 7 heteroatoms. The molecule has 1 aromatic rings. The summed E-state index contributed by atoms with van der Waals surface area (Å²) in [6.45, 7) is 0. The summed E-state index contributed by atoms with van der Waals surface area (Å²) in [7, 11) is 0. The van der Waals surface area contributed by atoms with Gasteiger partial charge in [0.15, 0.2) is 0 Å². The Kier molecular flexibility index (Phi) is 3.06. The minimum Gasteiger partial charge on any atom is -0.393 e. The summed E-state index contributed by atoms with van der Waals surface area (Å²) >= 11 is 0. The average Bonchev–Trinajstić information content (AvgIpc) is 2.26. The second kappa shape index (κ2) is 4.40. The first kappa shape index (κ1) is 12.5. The van der Waals surface area contributed by atoms with E-state index in [4.69, 9.17) is 0 Å². The Balaban J connectivity index is 2.39. The van der Waals surface area contributed by atoms with Crippen molar-refractivity contribution in [2.24, 2.45) is 0 Å². The molecule has 1 aliphatic heterocycles. The number of carbonyl (C=O) groups is 2. The van der Waals surface area contributed by atoms with Crippen LogP contribution in [0.25, 0.3) is 0 Å². The number of nitrogens with zero attached hydrogens (tertiary/aromatic N) is 1. The van der Waals surface area contributed by atoms with Gasteiger partial charge in [-0.2, -0.15) is 13.2 Å². The SMILES string of the molecule is O=C1CC(c2ncccc2C(F)(F)F)CC(=O)O1. The number of cyclic esters (lactones) is 2. The van der Waals surface area contributed by atoms with E-state index >= 15 is 0 Å². The van der Waals surface area contributed by atoms with E-state index in [0.29, 0.717) is 0 Å². The van der Waals surface area contributed by atoms with Gasteiger partial charge in [-0.3, -0.25) is 14.6 Å². The number of ether oxygens (including phenoxy) is 1. The van der Waals surface area contributed by atoms with E-state index in [9.17, 15) is 22.8 Å². The summed E-state index contributed by atoms with van der Waals surface area (Å²) in [5.41, 5.74) is -1.20. The van der Waals surface area contributed by atoms with E-state index in [2.05, 4.69) is 9.72 Å². The maximum Gasteiger partial charge on any atom is 0.418 e. The maximum atomic E-state index is 12.8. The lowest BCUT2D eigenvalue weighted by atomic mass is 9.92. The monoisotopic (exact) mass is 259 g/mol. The van der Waals surface area contributed by atoms with Crippen molar-refractivity contribution < 1.29 is 27.5 Å². The highest BCUT2D eigenvalue weighted by atomic mass is 19.4. The van der Waals surface area contributed by atoms with Crippen molar-refractivity contribution in [2.45, 2.75) is 24.9 Å². The van der Waals surface area contributed by atoms with E-state index in [1.165, 1.54) is 6.20 Å². The molecule has 1 fully saturated rings. The average molecular weight is 259 g/mol. The Hall–Kier alpha value is -1.92. The van der Waals surface area contributed by atoms with Crippen molar-refractivity contribution in [3.8, 4) is 0 Å². The number of hydrogen-bond donors (Lipinski definition) is 0. The third kappa shape index (κ3) is 2.49. The zero-order valence-corrected chi connectivity index (χ0v) is 9.03. The third-order valence-corrected chi connectivity index (χ3v) is 2.58. The van der Waals surface area contributed by atoms with E-state index in [1.54, 1.807) is 0 Å². The van der Waals surface area contributed by atoms with Crippen LogP contribution >= 0.6 is 0 Å². The minimum atomic E-state index is -4.56. The van der Waals surface area contributed by atoms with E-state index in [0.717, 1.165) is 12.1 Å². The number of esters is 2. The summed E-state index contributed by atoms with van der Waals surface area (Å²) < 4.78 is 42.5. The number of carbonyl (C=O) groups excluding carboxylic acids is 2. The number of hydrogen-bond acceptors (Lipinski definition) is 4. The molecule has 0 bridgehead atoms. The highest BCUT2D eigenvalue weighted by Crippen LogP contribution is 2.37. The number of rotatable bonds is 1. The third-order valence-electron chi connectivity index (χ3n) is 2.58. The fourth-order valence-electron chi connectivity index (χ4n) is 1.86. The number of aromatic nitrogens is 1. The molecule has 0 amide bonds. The molecule has 1 saturated heterocycles. The van der Waals surface area contributed by atoms with Crippen LogP contribution in [0.5, 0.6) is 0 Å². The fraction of sp³-hybridized carbons (Fsp3) is 0.364. The normalized spacial score (nSPS) is 17.7. The standard InChI is InChI=1S/C11H8F3NO3/c12-11(13,14)7-2-1-3-15-10(7)6-4-8(16)18-9(17)5-6/h1-3,6H,4-5H2. The second-order valence-electron chi connectivity index (χ2n) is 3.89. The molecule has 96 valence electrons. The van der Waals surface area contributed by atoms with Gasteiger partial charge in [0.25, 0.3) is 0 Å². The second-order valence-corrected chi connectivity index (χ2v) is 3.89. The van der Waals surface area contributed by atoms with Crippen LogP contribution < -0.4 is 0 Å². The van der Waals surface area contributed by atoms with Crippen molar-refractivity contribution in [3.05, 3.63) is 29.6 Å². The Labute approximate surface area is 99.8 Å². The molecular formula is C11H8F3NO3. The van der Waals surface area contributed by atoms with Crippen LogP contribution in [0.2, 0.25) is 0 Å². The van der Waals surface area contributed by atoms with E-state index in [-0.39, 0.29) is 18.5 Å². The molecule has 0 spiro atoms. The van der Waals surface area contributed by atoms with Gasteiger partial charge < -0.3 is 4.74 Å². The van der Waals surface area contributed by atoms with Gasteiger partial charge >= 0.3 is 18.1 Å². The number of alkyl halides is 3. The largest absolute Gasteiger partial charge is 0.418 e. The van der Waals surface area contributed by atoms with Crippen molar-refractivity contribution in [1.29, 1.82) is 0 Å². The molecule has 0 aromatic carbocycles. The Morgan fingerprint density at radius 1 is 1.22 bits per heavy atom. The molecule has 18 heavy (non-hydrogen) atoms. The topological polar surface area (TPSA) is 56.3 Å². The fourth-order valence-corrected chi connectivity index (χ4v) is 1.86. The molecular weight excluding hydrogens is 251 g/mol. The smallest absolute Gasteiger partial charge is 0.393 e. The lowest BCUT2D eigenvalue weighted by molar-refractivity contribution is -0.164. The van der Waals surface area contributed by atoms with Crippen LogP contribution in [0.15, 0.2) is 18.3 Å². The lowest BCUT2D eigenvalue weighted by Gasteiger charge is -2.22. The van der Waals surface area contributed by atoms with Gasteiger partial charge in [0, 0.05) is 12.1 Å². The highest BCUT2D eigenvalue weighted by Gasteiger charge is 2.38. The lowest BCUT2D eigenvalue weighted by Crippen LogP contribution is -2.26. The Morgan fingerprint density at radius 3 is 2.39 bits per heavy atom. The molecule has 1 aromatic heterocycles. The molecule has 2 rings (SSSR count). The molecule has 0 atom stereocenters. The molecule has 0 aliphatic carbocycles. The zero-order valence-electron chi connectivity index (χ0n) is 9.03. The van der Waals surface area contributed by atoms with E-state index in [1.807, 2.05) is 0 Å². The number of halogens is 3. The summed E-state index contributed by atoms with van der Waals surface area (Å²) in [4.78, 5) is 25.8. The van der Waals surface area contributed by atoms with Gasteiger partial charge in [-0.1, -0.05) is 0 Å². The zero-order chi connectivity index (χ0) is 13.3. The van der Waals surface area contributed by atoms with Crippen molar-refractivity contribution in [2.75, 3.05) is 0 Å². The molecule has 0 radical (unpaired) electrons. The Morgan fingerprint density at radius 2 is 1.83 bits per heavy atom. The van der Waals surface area contributed by atoms with Gasteiger partial charge in [-0.15, -0.1) is 0 Å². The summed E-state index contributed by atoms with van der Waals surface area (Å²) in [5.74, 6) is -2.53. The molecule has 0 saturated carbocycles. The highest BCUT2D eigenvalue weighted by molar-refractivity contribution is 5.89. The van der Waals surface area contributed by atoms with Crippen LogP contribution in [0.1, 0.15) is 30.0 Å². The van der Waals surface area contributed by atoms with Gasteiger partial charge in [0.05, 0.1) is 24.1 Å². The van der Waals surface area contributed by atoms with Gasteiger partial charge in [-0.05, 0) is 12.1 Å². The van der Waals surface area contributed by atoms with Crippen LogP contribution in [0.4, 0.5) is 13.2 Å². The van der Waals surface area contributed by atoms with Crippen LogP contribution in [-0.2, 0) is 20.5 Å². The van der Waals surface area contributed by atoms with Gasteiger partial charge in [0.2, 0.25) is 0 Å². The first-order valence-corrected chi connectivity index (χ1v) is 5.13. The molecule has 4 nitrogen and oxygen atoms in total. The van der Waals surface area contributed by atoms with Crippen molar-refractivity contribution >= 4 is 11.9 Å². The predicted octanol–water partition coefficient (Wildman–Crippen LogP) is 2.05. The maximum absolute atomic E-state index is 12.8. The molecule has 0 N–H and O–H groups in total. The van der Waals surface area contributed by atoms with E-state index < -0.39 is 29.6 Å². The van der Waals surface area contributed by atoms with Crippen LogP contribution in [0.3, 0.4) is 0 Å². The minimum absolute atomic E-state index is 0.272. The van der Waals surface area contributed by atoms with Crippen LogP contribution in [-0.4, -0.2) is 16.9 Å². The first-order valence-electron chi connectivity index (χ1n) is 5.13.